The highest BCUT2D eigenvalue weighted by atomic mass is 16.7. The fraction of sp³-hybridized carbons (Fsp3) is 0.571. The van der Waals surface area contributed by atoms with Gasteiger partial charge in [-0.2, -0.15) is 0 Å². The van der Waals surface area contributed by atoms with E-state index >= 15 is 0 Å². The van der Waals surface area contributed by atoms with E-state index in [0.29, 0.717) is 43.5 Å². The molecule has 0 amide bonds. The van der Waals surface area contributed by atoms with Gasteiger partial charge in [0.15, 0.2) is 0 Å². The van der Waals surface area contributed by atoms with Gasteiger partial charge in [-0.15, -0.1) is 0 Å². The average Bonchev–Trinajstić information content (AvgIpc) is 3.00. The van der Waals surface area contributed by atoms with Crippen LogP contribution in [0.15, 0.2) is 6.07 Å². The van der Waals surface area contributed by atoms with E-state index in [1.807, 2.05) is 0 Å². The molecule has 1 aromatic rings. The Hall–Kier alpha value is -1.86. The molecule has 21 heavy (non-hydrogen) atoms. The van der Waals surface area contributed by atoms with E-state index in [2.05, 4.69) is 4.98 Å². The minimum absolute atomic E-state index is 0.249. The number of anilines is 1. The molecule has 1 aromatic heterocycles. The molecule has 1 fully saturated rings. The highest BCUT2D eigenvalue weighted by Gasteiger charge is 2.25. The third kappa shape index (κ3) is 3.83. The number of pyridine rings is 1. The van der Waals surface area contributed by atoms with Crippen LogP contribution in [0.1, 0.15) is 30.9 Å². The number of hydrogen-bond donors (Lipinski definition) is 1. The molecule has 0 spiro atoms. The van der Waals surface area contributed by atoms with Gasteiger partial charge in [0.25, 0.3) is 0 Å². The summed E-state index contributed by atoms with van der Waals surface area (Å²) in [4.78, 5) is 15.7. The maximum atomic E-state index is 11.4. The van der Waals surface area contributed by atoms with Crippen molar-refractivity contribution in [3.05, 3.63) is 17.3 Å². The van der Waals surface area contributed by atoms with Gasteiger partial charge in [-0.1, -0.05) is 0 Å². The average molecular weight is 296 g/mol. The summed E-state index contributed by atoms with van der Waals surface area (Å²) in [5.41, 5.74) is 7.20. The van der Waals surface area contributed by atoms with Crippen molar-refractivity contribution >= 4 is 11.8 Å². The number of esters is 1. The summed E-state index contributed by atoms with van der Waals surface area (Å²) in [5.74, 6) is 0.617. The second-order valence-electron chi connectivity index (χ2n) is 4.50. The number of rotatable bonds is 6. The Bertz CT molecular complexity index is 500. The molecule has 7 nitrogen and oxygen atoms in total. The lowest BCUT2D eigenvalue weighted by molar-refractivity contribution is -0.143. The molecular formula is C14H20N2O5. The number of aromatic nitrogens is 1. The molecule has 0 aliphatic carbocycles. The number of ether oxygens (including phenoxy) is 4. The Kier molecular flexibility index (Phi) is 5.35. The van der Waals surface area contributed by atoms with E-state index in [1.54, 1.807) is 20.1 Å². The summed E-state index contributed by atoms with van der Waals surface area (Å²) in [6.45, 7) is 3.17. The molecule has 1 aliphatic heterocycles. The monoisotopic (exact) mass is 296 g/mol. The SMILES string of the molecule is CCOC(=O)CCc1cc(OC)c(C2OCCO2)nc1N. The Morgan fingerprint density at radius 1 is 1.48 bits per heavy atom. The van der Waals surface area contributed by atoms with Gasteiger partial charge in [0.1, 0.15) is 17.3 Å². The van der Waals surface area contributed by atoms with Crippen LogP contribution in [0.5, 0.6) is 5.75 Å². The fourth-order valence-electron chi connectivity index (χ4n) is 2.08. The number of carbonyl (C=O) groups is 1. The Labute approximate surface area is 123 Å². The van der Waals surface area contributed by atoms with Crippen molar-refractivity contribution in [2.45, 2.75) is 26.1 Å². The van der Waals surface area contributed by atoms with Gasteiger partial charge < -0.3 is 24.7 Å². The predicted molar refractivity (Wildman–Crippen MR) is 74.8 cm³/mol. The van der Waals surface area contributed by atoms with Crippen molar-refractivity contribution in [1.29, 1.82) is 0 Å². The Balaban J connectivity index is 2.14. The molecule has 0 aromatic carbocycles. The minimum atomic E-state index is -0.554. The quantitative estimate of drug-likeness (QED) is 0.789. The first-order valence-corrected chi connectivity index (χ1v) is 6.87. The van der Waals surface area contributed by atoms with Gasteiger partial charge in [0.2, 0.25) is 6.29 Å². The molecule has 1 aliphatic rings. The van der Waals surface area contributed by atoms with Crippen molar-refractivity contribution in [3.8, 4) is 5.75 Å². The van der Waals surface area contributed by atoms with Gasteiger partial charge >= 0.3 is 5.97 Å². The lowest BCUT2D eigenvalue weighted by Gasteiger charge is -2.15. The Morgan fingerprint density at radius 3 is 2.81 bits per heavy atom. The summed E-state index contributed by atoms with van der Waals surface area (Å²) in [7, 11) is 1.54. The first kappa shape index (κ1) is 15.5. The number of nitrogens with zero attached hydrogens (tertiary/aromatic N) is 1. The predicted octanol–water partition coefficient (Wildman–Crippen LogP) is 1.21. The van der Waals surface area contributed by atoms with Crippen LogP contribution in [0.2, 0.25) is 0 Å². The molecule has 2 rings (SSSR count). The smallest absolute Gasteiger partial charge is 0.306 e. The van der Waals surface area contributed by atoms with Crippen LogP contribution in [-0.4, -0.2) is 37.9 Å². The summed E-state index contributed by atoms with van der Waals surface area (Å²) < 4.78 is 21.0. The molecule has 0 bridgehead atoms. The molecule has 116 valence electrons. The van der Waals surface area contributed by atoms with Crippen LogP contribution in [0.25, 0.3) is 0 Å². The second-order valence-corrected chi connectivity index (χ2v) is 4.50. The van der Waals surface area contributed by atoms with Crippen LogP contribution in [0.3, 0.4) is 0 Å². The van der Waals surface area contributed by atoms with Gasteiger partial charge in [-0.25, -0.2) is 4.98 Å². The third-order valence-electron chi connectivity index (χ3n) is 3.10. The van der Waals surface area contributed by atoms with E-state index in [0.717, 1.165) is 5.56 Å². The molecule has 0 atom stereocenters. The van der Waals surface area contributed by atoms with Crippen molar-refractivity contribution in [2.75, 3.05) is 32.7 Å². The molecule has 2 heterocycles. The Morgan fingerprint density at radius 2 is 2.19 bits per heavy atom. The van der Waals surface area contributed by atoms with Crippen LogP contribution >= 0.6 is 0 Å². The van der Waals surface area contributed by atoms with Gasteiger partial charge in [0, 0.05) is 6.42 Å². The number of nitrogens with two attached hydrogens (primary N) is 1. The second kappa shape index (κ2) is 7.24. The van der Waals surface area contributed by atoms with Gasteiger partial charge in [-0.3, -0.25) is 4.79 Å². The first-order chi connectivity index (χ1) is 10.2. The van der Waals surface area contributed by atoms with Crippen LogP contribution in [0.4, 0.5) is 5.82 Å². The van der Waals surface area contributed by atoms with Crippen molar-refractivity contribution < 1.29 is 23.7 Å². The van der Waals surface area contributed by atoms with E-state index in [9.17, 15) is 4.79 Å². The van der Waals surface area contributed by atoms with Gasteiger partial charge in [-0.05, 0) is 25.0 Å². The van der Waals surface area contributed by atoms with Crippen LogP contribution in [0, 0.1) is 0 Å². The van der Waals surface area contributed by atoms with Crippen LogP contribution in [-0.2, 0) is 25.4 Å². The zero-order valence-electron chi connectivity index (χ0n) is 12.3. The summed E-state index contributed by atoms with van der Waals surface area (Å²) in [6.07, 6.45) is 0.139. The largest absolute Gasteiger partial charge is 0.495 e. The lowest BCUT2D eigenvalue weighted by atomic mass is 10.1. The minimum Gasteiger partial charge on any atom is -0.495 e. The summed E-state index contributed by atoms with van der Waals surface area (Å²) in [5, 5.41) is 0. The zero-order valence-corrected chi connectivity index (χ0v) is 12.3. The van der Waals surface area contributed by atoms with Crippen molar-refractivity contribution in [1.82, 2.24) is 4.98 Å². The lowest BCUT2D eigenvalue weighted by Crippen LogP contribution is -2.10. The molecule has 7 heteroatoms. The van der Waals surface area contributed by atoms with E-state index in [4.69, 9.17) is 24.7 Å². The van der Waals surface area contributed by atoms with E-state index < -0.39 is 6.29 Å². The van der Waals surface area contributed by atoms with Gasteiger partial charge in [0.05, 0.1) is 26.9 Å². The molecule has 0 saturated carbocycles. The topological polar surface area (TPSA) is 92.9 Å². The highest BCUT2D eigenvalue weighted by molar-refractivity contribution is 5.70. The summed E-state index contributed by atoms with van der Waals surface area (Å²) >= 11 is 0. The van der Waals surface area contributed by atoms with E-state index in [1.165, 1.54) is 0 Å². The number of methoxy groups -OCH3 is 1. The number of carbonyl (C=O) groups excluding carboxylic acids is 1. The summed E-state index contributed by atoms with van der Waals surface area (Å²) in [6, 6.07) is 1.77. The van der Waals surface area contributed by atoms with E-state index in [-0.39, 0.29) is 12.4 Å². The normalized spacial score (nSPS) is 15.1. The number of nitrogen functional groups attached to an aromatic ring is 1. The van der Waals surface area contributed by atoms with Crippen LogP contribution < -0.4 is 10.5 Å². The fourth-order valence-corrected chi connectivity index (χ4v) is 2.08. The zero-order chi connectivity index (χ0) is 15.2. The highest BCUT2D eigenvalue weighted by Crippen LogP contribution is 2.32. The van der Waals surface area contributed by atoms with Crippen molar-refractivity contribution in [2.24, 2.45) is 0 Å². The number of aryl methyl sites for hydroxylation is 1. The van der Waals surface area contributed by atoms with Crippen molar-refractivity contribution in [3.63, 3.8) is 0 Å². The molecule has 2 N–H and O–H groups in total. The molecular weight excluding hydrogens is 276 g/mol. The molecule has 0 radical (unpaired) electrons. The maximum Gasteiger partial charge on any atom is 0.306 e. The molecule has 1 saturated heterocycles. The molecule has 0 unspecified atom stereocenters. The third-order valence-corrected chi connectivity index (χ3v) is 3.10. The standard InChI is InChI=1S/C14H20N2O5/c1-3-19-11(17)5-4-9-8-10(18-2)12(16-13(9)15)14-20-6-7-21-14/h8,14H,3-7H2,1-2H3,(H2,15,16). The number of hydrogen-bond acceptors (Lipinski definition) is 7. The maximum absolute atomic E-state index is 11.4. The first-order valence-electron chi connectivity index (χ1n) is 6.87.